The molecular weight excluding hydrogens is 482 g/mol. The topological polar surface area (TPSA) is 84.0 Å². The predicted molar refractivity (Wildman–Crippen MR) is 114 cm³/mol. The van der Waals surface area contributed by atoms with Gasteiger partial charge in [0.2, 0.25) is 0 Å². The number of nitrogens with zero attached hydrogens (tertiary/aromatic N) is 5. The van der Waals surface area contributed by atoms with Crippen molar-refractivity contribution in [1.29, 1.82) is 5.26 Å². The fourth-order valence-electron chi connectivity index (χ4n) is 3.60. The van der Waals surface area contributed by atoms with Gasteiger partial charge in [-0.25, -0.2) is 9.97 Å². The fraction of sp³-hybridized carbons (Fsp3) is 0.333. The van der Waals surface area contributed by atoms with Crippen LogP contribution in [0.25, 0.3) is 11.2 Å². The first-order valence-electron chi connectivity index (χ1n) is 9.79. The maximum atomic E-state index is 13.2. The van der Waals surface area contributed by atoms with Crippen LogP contribution in [0.4, 0.5) is 13.2 Å². The molecule has 1 aliphatic heterocycles. The van der Waals surface area contributed by atoms with E-state index in [1.54, 1.807) is 17.0 Å². The van der Waals surface area contributed by atoms with Crippen LogP contribution in [0.15, 0.2) is 18.2 Å². The largest absolute Gasteiger partial charge is 0.433 e. The van der Waals surface area contributed by atoms with Crippen LogP contribution in [-0.2, 0) is 24.4 Å². The monoisotopic (exact) mass is 497 g/mol. The Labute approximate surface area is 196 Å². The predicted octanol–water partition coefficient (Wildman–Crippen LogP) is 4.23. The van der Waals surface area contributed by atoms with Gasteiger partial charge < -0.3 is 14.2 Å². The van der Waals surface area contributed by atoms with Gasteiger partial charge in [-0.05, 0) is 23.8 Å². The second-order valence-corrected chi connectivity index (χ2v) is 8.18. The first kappa shape index (κ1) is 23.3. The zero-order chi connectivity index (χ0) is 23.9. The van der Waals surface area contributed by atoms with Gasteiger partial charge in [0.15, 0.2) is 5.65 Å². The van der Waals surface area contributed by atoms with Gasteiger partial charge in [-0.2, -0.15) is 18.4 Å². The quantitative estimate of drug-likeness (QED) is 0.540. The Hall–Kier alpha value is -2.87. The summed E-state index contributed by atoms with van der Waals surface area (Å²) in [4.78, 5) is 22.5. The number of nitriles is 1. The van der Waals surface area contributed by atoms with Crippen LogP contribution in [-0.4, -0.2) is 51.6 Å². The maximum Gasteiger partial charge on any atom is 0.433 e. The van der Waals surface area contributed by atoms with Crippen molar-refractivity contribution in [1.82, 2.24) is 19.4 Å². The van der Waals surface area contributed by atoms with Crippen LogP contribution >= 0.6 is 23.2 Å². The first-order valence-corrected chi connectivity index (χ1v) is 10.5. The minimum Gasteiger partial charge on any atom is -0.378 e. The molecule has 0 N–H and O–H groups in total. The van der Waals surface area contributed by atoms with E-state index < -0.39 is 11.9 Å². The Bertz CT molecular complexity index is 1290. The Morgan fingerprint density at radius 1 is 1.24 bits per heavy atom. The molecule has 1 aliphatic rings. The highest BCUT2D eigenvalue weighted by Crippen LogP contribution is 2.33. The number of carbonyl (C=O) groups is 1. The molecule has 0 unspecified atom stereocenters. The SMILES string of the molecule is Cn1c(Cc2c(Cl)ccc(C(=O)N3CCOCC3)c2Cl)nc2c(C#N)cc(C(F)(F)F)nc21. The van der Waals surface area contributed by atoms with E-state index >= 15 is 0 Å². The molecule has 0 aliphatic carbocycles. The molecule has 1 saturated heterocycles. The molecule has 0 spiro atoms. The van der Waals surface area contributed by atoms with E-state index in [1.165, 1.54) is 17.7 Å². The Kier molecular flexibility index (Phi) is 6.22. The summed E-state index contributed by atoms with van der Waals surface area (Å²) >= 11 is 12.9. The molecule has 2 aromatic heterocycles. The van der Waals surface area contributed by atoms with Crippen molar-refractivity contribution >= 4 is 40.3 Å². The minimum absolute atomic E-state index is 0.0149. The number of halogens is 5. The van der Waals surface area contributed by atoms with Crippen molar-refractivity contribution in [2.24, 2.45) is 7.05 Å². The van der Waals surface area contributed by atoms with Crippen molar-refractivity contribution in [3.8, 4) is 6.07 Å². The molecule has 1 fully saturated rings. The second kappa shape index (κ2) is 8.82. The number of rotatable bonds is 3. The number of fused-ring (bicyclic) bond motifs is 1. The molecule has 4 rings (SSSR count). The highest BCUT2D eigenvalue weighted by molar-refractivity contribution is 6.38. The number of morpholine rings is 1. The van der Waals surface area contributed by atoms with Gasteiger partial charge in [-0.3, -0.25) is 4.79 Å². The van der Waals surface area contributed by atoms with Gasteiger partial charge in [0.25, 0.3) is 5.91 Å². The summed E-state index contributed by atoms with van der Waals surface area (Å²) in [5, 5.41) is 9.75. The number of carbonyl (C=O) groups excluding carboxylic acids is 1. The number of hydrogen-bond acceptors (Lipinski definition) is 5. The van der Waals surface area contributed by atoms with E-state index in [4.69, 9.17) is 27.9 Å². The van der Waals surface area contributed by atoms with Crippen molar-refractivity contribution in [2.45, 2.75) is 12.6 Å². The average molecular weight is 498 g/mol. The van der Waals surface area contributed by atoms with Crippen molar-refractivity contribution in [2.75, 3.05) is 26.3 Å². The average Bonchev–Trinajstić information content (AvgIpc) is 3.11. The lowest BCUT2D eigenvalue weighted by molar-refractivity contribution is -0.141. The zero-order valence-electron chi connectivity index (χ0n) is 17.2. The van der Waals surface area contributed by atoms with Crippen LogP contribution in [0.1, 0.15) is 33.0 Å². The van der Waals surface area contributed by atoms with Crippen LogP contribution in [0.2, 0.25) is 10.0 Å². The van der Waals surface area contributed by atoms with Crippen LogP contribution in [0.3, 0.4) is 0 Å². The lowest BCUT2D eigenvalue weighted by atomic mass is 10.1. The molecule has 33 heavy (non-hydrogen) atoms. The summed E-state index contributed by atoms with van der Waals surface area (Å²) in [5.74, 6) is 0.0163. The van der Waals surface area contributed by atoms with Gasteiger partial charge in [0, 0.05) is 31.6 Å². The first-order chi connectivity index (χ1) is 15.6. The number of hydrogen-bond donors (Lipinski definition) is 0. The summed E-state index contributed by atoms with van der Waals surface area (Å²) in [5.41, 5.74) is -0.838. The Morgan fingerprint density at radius 3 is 2.58 bits per heavy atom. The lowest BCUT2D eigenvalue weighted by Crippen LogP contribution is -2.40. The highest BCUT2D eigenvalue weighted by atomic mass is 35.5. The third kappa shape index (κ3) is 4.36. The number of aromatic nitrogens is 3. The Balaban J connectivity index is 1.76. The molecule has 3 heterocycles. The number of pyridine rings is 1. The van der Waals surface area contributed by atoms with Gasteiger partial charge in [-0.1, -0.05) is 23.2 Å². The number of ether oxygens (including phenoxy) is 1. The third-order valence-electron chi connectivity index (χ3n) is 5.38. The van der Waals surface area contributed by atoms with E-state index in [9.17, 15) is 23.2 Å². The maximum absolute atomic E-state index is 13.2. The van der Waals surface area contributed by atoms with Crippen LogP contribution < -0.4 is 0 Å². The number of amides is 1. The zero-order valence-corrected chi connectivity index (χ0v) is 18.7. The minimum atomic E-state index is -4.72. The molecule has 3 aromatic rings. The van der Waals surface area contributed by atoms with Crippen LogP contribution in [0, 0.1) is 11.3 Å². The third-order valence-corrected chi connectivity index (χ3v) is 6.17. The van der Waals surface area contributed by atoms with Gasteiger partial charge >= 0.3 is 6.18 Å². The molecule has 7 nitrogen and oxygen atoms in total. The van der Waals surface area contributed by atoms with Crippen molar-refractivity contribution in [3.05, 3.63) is 56.5 Å². The molecule has 0 atom stereocenters. The summed E-state index contributed by atoms with van der Waals surface area (Å²) in [7, 11) is 1.49. The fourth-order valence-corrected chi connectivity index (χ4v) is 4.19. The van der Waals surface area contributed by atoms with Gasteiger partial charge in [-0.15, -0.1) is 0 Å². The van der Waals surface area contributed by atoms with E-state index in [2.05, 4.69) is 9.97 Å². The van der Waals surface area contributed by atoms with Crippen molar-refractivity contribution in [3.63, 3.8) is 0 Å². The number of benzene rings is 1. The smallest absolute Gasteiger partial charge is 0.378 e. The highest BCUT2D eigenvalue weighted by Gasteiger charge is 2.34. The van der Waals surface area contributed by atoms with E-state index in [0.29, 0.717) is 37.9 Å². The molecule has 12 heteroatoms. The van der Waals surface area contributed by atoms with Gasteiger partial charge in [0.1, 0.15) is 23.1 Å². The van der Waals surface area contributed by atoms with Crippen molar-refractivity contribution < 1.29 is 22.7 Å². The number of aryl methyl sites for hydroxylation is 1. The van der Waals surface area contributed by atoms with E-state index in [0.717, 1.165) is 0 Å². The summed E-state index contributed by atoms with van der Waals surface area (Å²) < 4.78 is 46.3. The molecule has 1 amide bonds. The normalized spacial score (nSPS) is 14.5. The number of imidazole rings is 1. The molecule has 1 aromatic carbocycles. The summed E-state index contributed by atoms with van der Waals surface area (Å²) in [6, 6.07) is 5.48. The van der Waals surface area contributed by atoms with E-state index in [-0.39, 0.29) is 50.5 Å². The Morgan fingerprint density at radius 2 is 1.94 bits per heavy atom. The van der Waals surface area contributed by atoms with E-state index in [1.807, 2.05) is 0 Å². The summed E-state index contributed by atoms with van der Waals surface area (Å²) in [6.45, 7) is 1.72. The molecule has 0 saturated carbocycles. The number of alkyl halides is 3. The molecule has 172 valence electrons. The van der Waals surface area contributed by atoms with Gasteiger partial charge in [0.05, 0.1) is 29.4 Å². The molecule has 0 radical (unpaired) electrons. The summed E-state index contributed by atoms with van der Waals surface area (Å²) in [6.07, 6.45) is -4.70. The molecule has 0 bridgehead atoms. The second-order valence-electron chi connectivity index (χ2n) is 7.39. The standard InChI is InChI=1S/C21H16Cl2F3N5O2/c1-30-16(29-18-11(10-27)8-15(21(24,25)26)28-19(18)30)9-13-14(22)3-2-12(17(13)23)20(32)31-4-6-33-7-5-31/h2-3,8H,4-7,9H2,1H3. The van der Waals surface area contributed by atoms with Crippen LogP contribution in [0.5, 0.6) is 0 Å². The lowest BCUT2D eigenvalue weighted by Gasteiger charge is -2.27. The molecular formula is C21H16Cl2F3N5O2.